The van der Waals surface area contributed by atoms with Gasteiger partial charge < -0.3 is 9.84 Å². The van der Waals surface area contributed by atoms with E-state index < -0.39 is 23.7 Å². The first-order valence-electron chi connectivity index (χ1n) is 9.78. The summed E-state index contributed by atoms with van der Waals surface area (Å²) in [4.78, 5) is 42.8. The van der Waals surface area contributed by atoms with Gasteiger partial charge in [-0.2, -0.15) is 0 Å². The van der Waals surface area contributed by atoms with Gasteiger partial charge in [-0.15, -0.1) is 0 Å². The van der Waals surface area contributed by atoms with Crippen LogP contribution in [-0.2, 0) is 11.4 Å². The van der Waals surface area contributed by atoms with Crippen LogP contribution in [0.4, 0.5) is 0 Å². The topological polar surface area (TPSA) is 96.3 Å². The molecule has 1 atom stereocenters. The van der Waals surface area contributed by atoms with Gasteiger partial charge in [0.2, 0.25) is 0 Å². The van der Waals surface area contributed by atoms with E-state index in [-0.39, 0.29) is 36.3 Å². The zero-order chi connectivity index (χ0) is 23.0. The smallest absolute Gasteiger partial charge is 0.261 e. The molecule has 0 bridgehead atoms. The molecule has 7 nitrogen and oxygen atoms in total. The summed E-state index contributed by atoms with van der Waals surface area (Å²) in [6.07, 6.45) is 0.194. The van der Waals surface area contributed by atoms with E-state index in [9.17, 15) is 19.5 Å². The summed E-state index contributed by atoms with van der Waals surface area (Å²) in [5.74, 6) is -0.959. The predicted molar refractivity (Wildman–Crippen MR) is 119 cm³/mol. The summed E-state index contributed by atoms with van der Waals surface area (Å²) in [6, 6.07) is 9.73. The molecule has 2 aromatic carbocycles. The van der Waals surface area contributed by atoms with E-state index in [1.54, 1.807) is 31.2 Å². The standard InChI is InChI=1S/C23H18Cl2N2O5/c1-12-20(28)21(29)14(10-26-12)4-5-27-22(30)18-3-2-17(9-19(18)23(27)31)32-11-13-6-15(24)8-16(25)7-13/h2-3,6-10,20,28H,4-5,11H2,1H3. The van der Waals surface area contributed by atoms with Crippen LogP contribution in [0.5, 0.6) is 5.75 Å². The molecule has 164 valence electrons. The molecule has 2 aromatic rings. The third-order valence-electron chi connectivity index (χ3n) is 5.26. The van der Waals surface area contributed by atoms with Crippen LogP contribution in [0.2, 0.25) is 10.0 Å². The molecule has 32 heavy (non-hydrogen) atoms. The lowest BCUT2D eigenvalue weighted by atomic mass is 9.99. The fourth-order valence-corrected chi connectivity index (χ4v) is 4.09. The fourth-order valence-electron chi connectivity index (χ4n) is 3.52. The minimum atomic E-state index is -1.29. The first-order valence-corrected chi connectivity index (χ1v) is 10.5. The van der Waals surface area contributed by atoms with Gasteiger partial charge >= 0.3 is 0 Å². The number of hydrogen-bond acceptors (Lipinski definition) is 6. The van der Waals surface area contributed by atoms with Crippen LogP contribution in [0.15, 0.2) is 53.2 Å². The molecule has 1 unspecified atom stereocenters. The van der Waals surface area contributed by atoms with Crippen LogP contribution in [0.3, 0.4) is 0 Å². The summed E-state index contributed by atoms with van der Waals surface area (Å²) in [5.41, 5.74) is 1.84. The Morgan fingerprint density at radius 2 is 1.72 bits per heavy atom. The van der Waals surface area contributed by atoms with Crippen molar-refractivity contribution >= 4 is 46.5 Å². The molecule has 2 heterocycles. The molecule has 0 fully saturated rings. The zero-order valence-corrected chi connectivity index (χ0v) is 18.5. The maximum absolute atomic E-state index is 12.8. The van der Waals surface area contributed by atoms with Crippen molar-refractivity contribution in [2.24, 2.45) is 4.99 Å². The number of Topliss-reactive ketones (excluding diaryl/α,β-unsaturated/α-hetero) is 1. The minimum absolute atomic E-state index is 0.00239. The monoisotopic (exact) mass is 472 g/mol. The lowest BCUT2D eigenvalue weighted by Crippen LogP contribution is -2.35. The Kier molecular flexibility index (Phi) is 6.15. The van der Waals surface area contributed by atoms with Gasteiger partial charge in [-0.1, -0.05) is 23.2 Å². The van der Waals surface area contributed by atoms with Gasteiger partial charge in [-0.05, 0) is 55.3 Å². The SMILES string of the molecule is CC1=NC=C(CCN2C(=O)c3ccc(OCc4cc(Cl)cc(Cl)c4)cc3C2=O)C(=O)C1O. The van der Waals surface area contributed by atoms with E-state index in [2.05, 4.69) is 4.99 Å². The second kappa shape index (κ2) is 8.86. The maximum atomic E-state index is 12.8. The van der Waals surface area contributed by atoms with Crippen molar-refractivity contribution in [1.29, 1.82) is 0 Å². The maximum Gasteiger partial charge on any atom is 0.261 e. The predicted octanol–water partition coefficient (Wildman–Crippen LogP) is 3.85. The highest BCUT2D eigenvalue weighted by Gasteiger charge is 2.36. The molecular weight excluding hydrogens is 455 g/mol. The van der Waals surface area contributed by atoms with Gasteiger partial charge in [-0.25, -0.2) is 0 Å². The van der Waals surface area contributed by atoms with Crippen molar-refractivity contribution in [2.45, 2.75) is 26.1 Å². The highest BCUT2D eigenvalue weighted by molar-refractivity contribution is 6.34. The highest BCUT2D eigenvalue weighted by atomic mass is 35.5. The molecule has 0 aliphatic carbocycles. The molecule has 4 rings (SSSR count). The fraction of sp³-hybridized carbons (Fsp3) is 0.217. The Balaban J connectivity index is 1.45. The van der Waals surface area contributed by atoms with Crippen molar-refractivity contribution in [2.75, 3.05) is 6.54 Å². The van der Waals surface area contributed by atoms with E-state index in [0.29, 0.717) is 21.5 Å². The molecule has 2 aliphatic rings. The van der Waals surface area contributed by atoms with Crippen molar-refractivity contribution in [3.63, 3.8) is 0 Å². The van der Waals surface area contributed by atoms with E-state index in [1.165, 1.54) is 18.3 Å². The molecule has 0 radical (unpaired) electrons. The number of amides is 2. The Hall–Kier alpha value is -3.00. The van der Waals surface area contributed by atoms with Crippen molar-refractivity contribution in [3.05, 3.63) is 74.9 Å². The Morgan fingerprint density at radius 3 is 2.44 bits per heavy atom. The number of benzene rings is 2. The van der Waals surface area contributed by atoms with Gasteiger partial charge in [-0.3, -0.25) is 24.3 Å². The van der Waals surface area contributed by atoms with Crippen LogP contribution in [0.1, 0.15) is 39.6 Å². The number of halogens is 2. The zero-order valence-electron chi connectivity index (χ0n) is 17.0. The molecule has 0 aromatic heterocycles. The van der Waals surface area contributed by atoms with Crippen LogP contribution in [0, 0.1) is 0 Å². The summed E-state index contributed by atoms with van der Waals surface area (Å²) in [7, 11) is 0. The van der Waals surface area contributed by atoms with Gasteiger partial charge in [0.1, 0.15) is 12.4 Å². The van der Waals surface area contributed by atoms with Gasteiger partial charge in [0.25, 0.3) is 11.8 Å². The average molecular weight is 473 g/mol. The molecule has 1 N–H and O–H groups in total. The molecule has 9 heteroatoms. The number of fused-ring (bicyclic) bond motifs is 1. The number of rotatable bonds is 6. The van der Waals surface area contributed by atoms with Crippen molar-refractivity contribution in [1.82, 2.24) is 4.90 Å². The first kappa shape index (κ1) is 22.2. The first-order chi connectivity index (χ1) is 15.2. The average Bonchev–Trinajstić information content (AvgIpc) is 2.99. The quantitative estimate of drug-likeness (QED) is 0.644. The van der Waals surface area contributed by atoms with Gasteiger partial charge in [0.05, 0.1) is 16.8 Å². The number of nitrogens with zero attached hydrogens (tertiary/aromatic N) is 2. The summed E-state index contributed by atoms with van der Waals surface area (Å²) in [5, 5.41) is 10.8. The van der Waals surface area contributed by atoms with E-state index >= 15 is 0 Å². The number of carbonyl (C=O) groups excluding carboxylic acids is 3. The molecule has 0 saturated heterocycles. The highest BCUT2D eigenvalue weighted by Crippen LogP contribution is 2.29. The Labute approximate surface area is 193 Å². The number of aliphatic hydroxyl groups is 1. The summed E-state index contributed by atoms with van der Waals surface area (Å²) in [6.45, 7) is 1.74. The van der Waals surface area contributed by atoms with Crippen LogP contribution in [-0.4, -0.2) is 46.0 Å². The molecule has 2 aliphatic heterocycles. The largest absolute Gasteiger partial charge is 0.489 e. The lowest BCUT2D eigenvalue weighted by Gasteiger charge is -2.18. The van der Waals surface area contributed by atoms with Crippen LogP contribution < -0.4 is 4.74 Å². The minimum Gasteiger partial charge on any atom is -0.489 e. The third-order valence-corrected chi connectivity index (χ3v) is 5.70. The van der Waals surface area contributed by atoms with Crippen LogP contribution in [0.25, 0.3) is 0 Å². The van der Waals surface area contributed by atoms with Crippen molar-refractivity contribution in [3.8, 4) is 5.75 Å². The summed E-state index contributed by atoms with van der Waals surface area (Å²) >= 11 is 12.0. The molecule has 0 saturated carbocycles. The van der Waals surface area contributed by atoms with Crippen LogP contribution >= 0.6 is 23.2 Å². The van der Waals surface area contributed by atoms with Gasteiger partial charge in [0, 0.05) is 28.4 Å². The summed E-state index contributed by atoms with van der Waals surface area (Å²) < 4.78 is 5.74. The Morgan fingerprint density at radius 1 is 1.03 bits per heavy atom. The number of ketones is 1. The Bertz CT molecular complexity index is 1180. The number of ether oxygens (including phenoxy) is 1. The second-order valence-electron chi connectivity index (χ2n) is 7.48. The van der Waals surface area contributed by atoms with E-state index in [4.69, 9.17) is 27.9 Å². The third kappa shape index (κ3) is 4.32. The molecule has 0 spiro atoms. The molecule has 2 amide bonds. The number of aliphatic hydroxyl groups excluding tert-OH is 1. The number of carbonyl (C=O) groups is 3. The lowest BCUT2D eigenvalue weighted by molar-refractivity contribution is -0.120. The second-order valence-corrected chi connectivity index (χ2v) is 8.35. The van der Waals surface area contributed by atoms with E-state index in [1.807, 2.05) is 0 Å². The molecular formula is C23H18Cl2N2O5. The number of imide groups is 1. The normalized spacial score (nSPS) is 17.9. The number of hydrogen-bond donors (Lipinski definition) is 1. The van der Waals surface area contributed by atoms with Gasteiger partial charge in [0.15, 0.2) is 11.9 Å². The number of aliphatic imine (C=N–C) groups is 1. The van der Waals surface area contributed by atoms with Crippen molar-refractivity contribution < 1.29 is 24.2 Å². The van der Waals surface area contributed by atoms with E-state index in [0.717, 1.165) is 10.5 Å².